The second-order valence-electron chi connectivity index (χ2n) is 3.78. The minimum absolute atomic E-state index is 0.184. The summed E-state index contributed by atoms with van der Waals surface area (Å²) in [5.41, 5.74) is -0.939. The van der Waals surface area contributed by atoms with Gasteiger partial charge in [-0.3, -0.25) is 4.79 Å². The van der Waals surface area contributed by atoms with Crippen molar-refractivity contribution in [3.63, 3.8) is 0 Å². The van der Waals surface area contributed by atoms with Gasteiger partial charge in [-0.2, -0.15) is 0 Å². The molecule has 0 aliphatic rings. The van der Waals surface area contributed by atoms with E-state index in [1.54, 1.807) is 0 Å². The minimum Gasteiger partial charge on any atom is -0.476 e. The van der Waals surface area contributed by atoms with Crippen LogP contribution in [0.25, 0.3) is 10.6 Å². The van der Waals surface area contributed by atoms with Gasteiger partial charge in [0.05, 0.1) is 0 Å². The number of carbonyl (C=O) groups excluding carboxylic acids is 1. The summed E-state index contributed by atoms with van der Waals surface area (Å²) in [7, 11) is 0. The molecule has 104 valence electrons. The smallest absolute Gasteiger partial charge is 0.356 e. The number of carboxylic acids is 1. The van der Waals surface area contributed by atoms with Gasteiger partial charge < -0.3 is 5.11 Å². The highest BCUT2D eigenvalue weighted by Gasteiger charge is 2.24. The third kappa shape index (κ3) is 2.29. The maximum absolute atomic E-state index is 13.6. The second-order valence-corrected chi connectivity index (χ2v) is 4.78. The lowest BCUT2D eigenvalue weighted by molar-refractivity contribution is 0.0687. The number of halogens is 3. The van der Waals surface area contributed by atoms with E-state index in [2.05, 4.69) is 4.98 Å². The summed E-state index contributed by atoms with van der Waals surface area (Å²) in [6, 6.07) is 1.63. The van der Waals surface area contributed by atoms with Gasteiger partial charge in [0.2, 0.25) is 0 Å². The largest absolute Gasteiger partial charge is 0.476 e. The molecule has 0 bridgehead atoms. The van der Waals surface area contributed by atoms with Crippen LogP contribution in [0.2, 0.25) is 0 Å². The lowest BCUT2D eigenvalue weighted by atomic mass is 10.2. The molecule has 2 rings (SSSR count). The molecule has 0 saturated heterocycles. The maximum Gasteiger partial charge on any atom is 0.356 e. The van der Waals surface area contributed by atoms with Gasteiger partial charge in [0.25, 0.3) is 0 Å². The number of benzene rings is 1. The zero-order valence-corrected chi connectivity index (χ0v) is 10.7. The average molecular weight is 301 g/mol. The summed E-state index contributed by atoms with van der Waals surface area (Å²) in [4.78, 5) is 25.7. The molecule has 1 N–H and O–H groups in total. The minimum atomic E-state index is -1.68. The molecular weight excluding hydrogens is 295 g/mol. The average Bonchev–Trinajstić information content (AvgIpc) is 2.81. The normalized spacial score (nSPS) is 10.6. The molecule has 0 unspecified atom stereocenters. The maximum atomic E-state index is 13.6. The highest BCUT2D eigenvalue weighted by Crippen LogP contribution is 2.31. The number of Topliss-reactive ketones (excluding diaryl/α,β-unsaturated/α-hetero) is 1. The van der Waals surface area contributed by atoms with Gasteiger partial charge in [0.1, 0.15) is 9.88 Å². The van der Waals surface area contributed by atoms with Crippen LogP contribution in [0.3, 0.4) is 0 Å². The lowest BCUT2D eigenvalue weighted by Crippen LogP contribution is -2.03. The van der Waals surface area contributed by atoms with E-state index in [0.717, 1.165) is 13.0 Å². The molecule has 4 nitrogen and oxygen atoms in total. The van der Waals surface area contributed by atoms with Crippen molar-refractivity contribution in [2.75, 3.05) is 0 Å². The van der Waals surface area contributed by atoms with Crippen LogP contribution in [0, 0.1) is 17.5 Å². The standard InChI is InChI=1S/C12H6F3NO3S/c1-4(17)10-9(12(18)19)16-11(20-10)5-2-3-6(13)8(15)7(5)14/h2-3H,1H3,(H,18,19). The number of thiazole rings is 1. The van der Waals surface area contributed by atoms with Gasteiger partial charge in [0, 0.05) is 12.5 Å². The topological polar surface area (TPSA) is 67.3 Å². The number of hydrogen-bond donors (Lipinski definition) is 1. The third-order valence-corrected chi connectivity index (χ3v) is 3.60. The van der Waals surface area contributed by atoms with Gasteiger partial charge in [-0.05, 0) is 12.1 Å². The Balaban J connectivity index is 2.66. The first-order valence-electron chi connectivity index (χ1n) is 5.21. The van der Waals surface area contributed by atoms with Crippen LogP contribution in [0.15, 0.2) is 12.1 Å². The molecule has 0 aliphatic heterocycles. The molecule has 1 aromatic carbocycles. The number of aromatic nitrogens is 1. The molecule has 1 aromatic heterocycles. The van der Waals surface area contributed by atoms with Crippen molar-refractivity contribution in [2.24, 2.45) is 0 Å². The Bertz CT molecular complexity index is 695. The molecule has 0 spiro atoms. The van der Waals surface area contributed by atoms with E-state index in [9.17, 15) is 22.8 Å². The van der Waals surface area contributed by atoms with Crippen molar-refractivity contribution in [1.29, 1.82) is 0 Å². The Hall–Kier alpha value is -2.22. The van der Waals surface area contributed by atoms with E-state index in [-0.39, 0.29) is 9.88 Å². The molecular formula is C12H6F3NO3S. The number of nitrogens with zero attached hydrogens (tertiary/aromatic N) is 1. The van der Waals surface area contributed by atoms with Gasteiger partial charge in [-0.1, -0.05) is 0 Å². The monoisotopic (exact) mass is 301 g/mol. The second kappa shape index (κ2) is 5.04. The number of aromatic carboxylic acids is 1. The Morgan fingerprint density at radius 1 is 1.20 bits per heavy atom. The molecule has 20 heavy (non-hydrogen) atoms. The Morgan fingerprint density at radius 3 is 2.35 bits per heavy atom. The number of hydrogen-bond acceptors (Lipinski definition) is 4. The van der Waals surface area contributed by atoms with Gasteiger partial charge >= 0.3 is 5.97 Å². The summed E-state index contributed by atoms with van der Waals surface area (Å²) >= 11 is 0.607. The van der Waals surface area contributed by atoms with Crippen molar-refractivity contribution >= 4 is 23.1 Å². The summed E-state index contributed by atoms with van der Waals surface area (Å²) in [5, 5.41) is 8.70. The summed E-state index contributed by atoms with van der Waals surface area (Å²) < 4.78 is 39.6. The molecule has 0 aliphatic carbocycles. The van der Waals surface area contributed by atoms with Crippen molar-refractivity contribution in [3.05, 3.63) is 40.2 Å². The van der Waals surface area contributed by atoms with Crippen molar-refractivity contribution < 1.29 is 27.9 Å². The van der Waals surface area contributed by atoms with Gasteiger partial charge in [-0.25, -0.2) is 22.9 Å². The van der Waals surface area contributed by atoms with E-state index >= 15 is 0 Å². The fourth-order valence-corrected chi connectivity index (χ4v) is 2.48. The molecule has 0 atom stereocenters. The van der Waals surface area contributed by atoms with Crippen LogP contribution < -0.4 is 0 Å². The Morgan fingerprint density at radius 2 is 1.85 bits per heavy atom. The summed E-state index contributed by atoms with van der Waals surface area (Å²) in [6.45, 7) is 1.13. The third-order valence-electron chi connectivity index (χ3n) is 2.42. The number of ketones is 1. The van der Waals surface area contributed by atoms with Crippen LogP contribution in [-0.4, -0.2) is 21.8 Å². The summed E-state index contributed by atoms with van der Waals surface area (Å²) in [5.74, 6) is -6.55. The number of carboxylic acid groups (broad SMARTS) is 1. The zero-order chi connectivity index (χ0) is 15.0. The molecule has 0 saturated carbocycles. The predicted octanol–water partition coefficient (Wildman–Crippen LogP) is 3.13. The van der Waals surface area contributed by atoms with Gasteiger partial charge in [0.15, 0.2) is 28.9 Å². The van der Waals surface area contributed by atoms with E-state index in [4.69, 9.17) is 5.11 Å². The zero-order valence-electron chi connectivity index (χ0n) is 9.91. The molecule has 1 heterocycles. The Kier molecular flexibility index (Phi) is 3.58. The van der Waals surface area contributed by atoms with Crippen molar-refractivity contribution in [1.82, 2.24) is 4.98 Å². The SMILES string of the molecule is CC(=O)c1sc(-c2ccc(F)c(F)c2F)nc1C(=O)O. The van der Waals surface area contributed by atoms with E-state index in [1.165, 1.54) is 0 Å². The first-order valence-corrected chi connectivity index (χ1v) is 6.03. The van der Waals surface area contributed by atoms with Crippen LogP contribution in [0.5, 0.6) is 0 Å². The highest BCUT2D eigenvalue weighted by atomic mass is 32.1. The predicted molar refractivity (Wildman–Crippen MR) is 64.4 cm³/mol. The van der Waals surface area contributed by atoms with E-state index < -0.39 is 40.5 Å². The highest BCUT2D eigenvalue weighted by molar-refractivity contribution is 7.17. The Labute approximate surface area is 114 Å². The van der Waals surface area contributed by atoms with Crippen LogP contribution in [0.4, 0.5) is 13.2 Å². The quantitative estimate of drug-likeness (QED) is 0.698. The molecule has 0 radical (unpaired) electrons. The fourth-order valence-electron chi connectivity index (χ4n) is 1.51. The molecule has 0 amide bonds. The molecule has 8 heteroatoms. The van der Waals surface area contributed by atoms with Crippen molar-refractivity contribution in [2.45, 2.75) is 6.92 Å². The first-order chi connectivity index (χ1) is 9.32. The summed E-state index contributed by atoms with van der Waals surface area (Å²) in [6.07, 6.45) is 0. The van der Waals surface area contributed by atoms with Crippen LogP contribution in [-0.2, 0) is 0 Å². The number of rotatable bonds is 3. The van der Waals surface area contributed by atoms with E-state index in [1.807, 2.05) is 0 Å². The van der Waals surface area contributed by atoms with E-state index in [0.29, 0.717) is 17.4 Å². The van der Waals surface area contributed by atoms with Gasteiger partial charge in [-0.15, -0.1) is 11.3 Å². The first kappa shape index (κ1) is 14.2. The van der Waals surface area contributed by atoms with Crippen molar-refractivity contribution in [3.8, 4) is 10.6 Å². The lowest BCUT2D eigenvalue weighted by Gasteiger charge is -2.00. The molecule has 2 aromatic rings. The van der Waals surface area contributed by atoms with Crippen LogP contribution >= 0.6 is 11.3 Å². The number of carbonyl (C=O) groups is 2. The molecule has 0 fully saturated rings. The van der Waals surface area contributed by atoms with Crippen LogP contribution in [0.1, 0.15) is 27.1 Å². The fraction of sp³-hybridized carbons (Fsp3) is 0.0833.